The Labute approximate surface area is 158 Å². The van der Waals surface area contributed by atoms with Gasteiger partial charge in [0.1, 0.15) is 11.6 Å². The van der Waals surface area contributed by atoms with Gasteiger partial charge in [0, 0.05) is 6.54 Å². The third kappa shape index (κ3) is 6.40. The molecular formula is C21H24FNO4. The van der Waals surface area contributed by atoms with E-state index in [0.717, 1.165) is 16.7 Å². The highest BCUT2D eigenvalue weighted by atomic mass is 19.1. The molecule has 0 fully saturated rings. The molecule has 2 rings (SSSR count). The van der Waals surface area contributed by atoms with Crippen LogP contribution in [0.5, 0.6) is 5.75 Å². The third-order valence-electron chi connectivity index (χ3n) is 4.20. The molecule has 2 aromatic carbocycles. The monoisotopic (exact) mass is 373 g/mol. The summed E-state index contributed by atoms with van der Waals surface area (Å²) in [5.74, 6) is -0.691. The van der Waals surface area contributed by atoms with Crippen LogP contribution in [0, 0.1) is 19.7 Å². The van der Waals surface area contributed by atoms with Crippen LogP contribution >= 0.6 is 0 Å². The standard InChI is InChI=1S/C21H24FNO4/c1-14-5-4-6-19(15(14)2)26-13-20(24)27-16(3)21(25)23-12-11-17-7-9-18(22)10-8-17/h4-10,16H,11-13H2,1-3H3,(H,23,25)/t16-/m0/s1. The second-order valence-corrected chi connectivity index (χ2v) is 6.29. The fraction of sp³-hybridized carbons (Fsp3) is 0.333. The molecule has 27 heavy (non-hydrogen) atoms. The maximum Gasteiger partial charge on any atom is 0.344 e. The Morgan fingerprint density at radius 3 is 2.52 bits per heavy atom. The minimum Gasteiger partial charge on any atom is -0.482 e. The van der Waals surface area contributed by atoms with Crippen LogP contribution in [0.1, 0.15) is 23.6 Å². The fourth-order valence-electron chi connectivity index (χ4n) is 2.43. The normalized spacial score (nSPS) is 11.6. The minimum atomic E-state index is -0.923. The number of benzene rings is 2. The Hall–Kier alpha value is -2.89. The predicted molar refractivity (Wildman–Crippen MR) is 100 cm³/mol. The van der Waals surface area contributed by atoms with E-state index in [1.807, 2.05) is 26.0 Å². The highest BCUT2D eigenvalue weighted by Crippen LogP contribution is 2.20. The van der Waals surface area contributed by atoms with Crippen LogP contribution in [0.4, 0.5) is 4.39 Å². The van der Waals surface area contributed by atoms with Crippen molar-refractivity contribution in [3.05, 3.63) is 65.0 Å². The minimum absolute atomic E-state index is 0.266. The highest BCUT2D eigenvalue weighted by Gasteiger charge is 2.18. The maximum atomic E-state index is 12.8. The zero-order chi connectivity index (χ0) is 19.8. The van der Waals surface area contributed by atoms with Gasteiger partial charge in [0.15, 0.2) is 12.7 Å². The van der Waals surface area contributed by atoms with E-state index in [9.17, 15) is 14.0 Å². The molecule has 2 aromatic rings. The Balaban J connectivity index is 1.72. The van der Waals surface area contributed by atoms with Crippen LogP contribution in [0.15, 0.2) is 42.5 Å². The molecule has 0 radical (unpaired) electrons. The first-order valence-electron chi connectivity index (χ1n) is 8.77. The van der Waals surface area contributed by atoms with Gasteiger partial charge in [-0.25, -0.2) is 9.18 Å². The number of carbonyl (C=O) groups is 2. The number of halogens is 1. The number of carbonyl (C=O) groups excluding carboxylic acids is 2. The van der Waals surface area contributed by atoms with Crippen molar-refractivity contribution in [3.63, 3.8) is 0 Å². The van der Waals surface area contributed by atoms with Gasteiger partial charge in [0.2, 0.25) is 0 Å². The number of ether oxygens (including phenoxy) is 2. The van der Waals surface area contributed by atoms with E-state index in [1.165, 1.54) is 19.1 Å². The van der Waals surface area contributed by atoms with E-state index in [0.29, 0.717) is 18.7 Å². The summed E-state index contributed by atoms with van der Waals surface area (Å²) in [7, 11) is 0. The summed E-state index contributed by atoms with van der Waals surface area (Å²) in [5, 5.41) is 2.69. The number of rotatable bonds is 8. The van der Waals surface area contributed by atoms with Gasteiger partial charge in [-0.1, -0.05) is 24.3 Å². The van der Waals surface area contributed by atoms with Gasteiger partial charge in [-0.3, -0.25) is 4.79 Å². The lowest BCUT2D eigenvalue weighted by molar-refractivity contribution is -0.156. The second-order valence-electron chi connectivity index (χ2n) is 6.29. The first-order chi connectivity index (χ1) is 12.9. The summed E-state index contributed by atoms with van der Waals surface area (Å²) in [6.07, 6.45) is -0.365. The molecule has 6 heteroatoms. The summed E-state index contributed by atoms with van der Waals surface area (Å²) < 4.78 is 23.4. The highest BCUT2D eigenvalue weighted by molar-refractivity contribution is 5.83. The van der Waals surface area contributed by atoms with E-state index < -0.39 is 18.0 Å². The van der Waals surface area contributed by atoms with Crippen LogP contribution in [0.2, 0.25) is 0 Å². The van der Waals surface area contributed by atoms with Crippen molar-refractivity contribution < 1.29 is 23.5 Å². The summed E-state index contributed by atoms with van der Waals surface area (Å²) in [4.78, 5) is 23.9. The lowest BCUT2D eigenvalue weighted by Gasteiger charge is -2.15. The Kier molecular flexibility index (Phi) is 7.34. The van der Waals surface area contributed by atoms with E-state index in [2.05, 4.69) is 5.32 Å². The molecule has 0 aliphatic rings. The molecule has 0 spiro atoms. The van der Waals surface area contributed by atoms with E-state index in [1.54, 1.807) is 18.2 Å². The van der Waals surface area contributed by atoms with Crippen LogP contribution in [0.25, 0.3) is 0 Å². The summed E-state index contributed by atoms with van der Waals surface area (Å²) in [6, 6.07) is 11.7. The van der Waals surface area contributed by atoms with Gasteiger partial charge in [-0.05, 0) is 62.1 Å². The lowest BCUT2D eigenvalue weighted by atomic mass is 10.1. The zero-order valence-corrected chi connectivity index (χ0v) is 15.8. The first kappa shape index (κ1) is 20.4. The molecule has 0 bridgehead atoms. The maximum absolute atomic E-state index is 12.8. The lowest BCUT2D eigenvalue weighted by Crippen LogP contribution is -2.37. The number of hydrogen-bond acceptors (Lipinski definition) is 4. The number of amides is 1. The summed E-state index contributed by atoms with van der Waals surface area (Å²) in [6.45, 7) is 5.47. The fourth-order valence-corrected chi connectivity index (χ4v) is 2.43. The number of hydrogen-bond donors (Lipinski definition) is 1. The molecule has 1 atom stereocenters. The van der Waals surface area contributed by atoms with Gasteiger partial charge < -0.3 is 14.8 Å². The SMILES string of the molecule is Cc1cccc(OCC(=O)O[C@@H](C)C(=O)NCCc2ccc(F)cc2)c1C. The second kappa shape index (κ2) is 9.71. The molecule has 0 heterocycles. The number of nitrogens with one attached hydrogen (secondary N) is 1. The molecule has 0 saturated carbocycles. The van der Waals surface area contributed by atoms with Gasteiger partial charge in [-0.15, -0.1) is 0 Å². The molecule has 5 nitrogen and oxygen atoms in total. The molecule has 0 aliphatic heterocycles. The van der Waals surface area contributed by atoms with Crippen molar-refractivity contribution in [2.75, 3.05) is 13.2 Å². The van der Waals surface area contributed by atoms with Crippen molar-refractivity contribution >= 4 is 11.9 Å². The van der Waals surface area contributed by atoms with Gasteiger partial charge in [-0.2, -0.15) is 0 Å². The van der Waals surface area contributed by atoms with Crippen LogP contribution in [0.3, 0.4) is 0 Å². The molecular weight excluding hydrogens is 349 g/mol. The smallest absolute Gasteiger partial charge is 0.344 e. The average molecular weight is 373 g/mol. The van der Waals surface area contributed by atoms with E-state index in [4.69, 9.17) is 9.47 Å². The molecule has 144 valence electrons. The van der Waals surface area contributed by atoms with Gasteiger partial charge in [0.25, 0.3) is 5.91 Å². The third-order valence-corrected chi connectivity index (χ3v) is 4.20. The van der Waals surface area contributed by atoms with E-state index >= 15 is 0 Å². The molecule has 1 amide bonds. The Bertz CT molecular complexity index is 789. The number of esters is 1. The molecule has 0 unspecified atom stereocenters. The van der Waals surface area contributed by atoms with Gasteiger partial charge in [0.05, 0.1) is 0 Å². The van der Waals surface area contributed by atoms with Crippen LogP contribution in [-0.2, 0) is 20.7 Å². The zero-order valence-electron chi connectivity index (χ0n) is 15.8. The quantitative estimate of drug-likeness (QED) is 0.722. The van der Waals surface area contributed by atoms with Crippen LogP contribution in [-0.4, -0.2) is 31.1 Å². The van der Waals surface area contributed by atoms with Crippen molar-refractivity contribution in [1.29, 1.82) is 0 Å². The van der Waals surface area contributed by atoms with Crippen molar-refractivity contribution in [2.45, 2.75) is 33.3 Å². The summed E-state index contributed by atoms with van der Waals surface area (Å²) >= 11 is 0. The van der Waals surface area contributed by atoms with Crippen LogP contribution < -0.4 is 10.1 Å². The summed E-state index contributed by atoms with van der Waals surface area (Å²) in [5.41, 5.74) is 2.93. The van der Waals surface area contributed by atoms with Crippen molar-refractivity contribution in [1.82, 2.24) is 5.32 Å². The molecule has 0 aromatic heterocycles. The van der Waals surface area contributed by atoms with Gasteiger partial charge >= 0.3 is 5.97 Å². The molecule has 1 N–H and O–H groups in total. The van der Waals surface area contributed by atoms with E-state index in [-0.39, 0.29) is 12.4 Å². The first-order valence-corrected chi connectivity index (χ1v) is 8.77. The Morgan fingerprint density at radius 1 is 1.11 bits per heavy atom. The largest absolute Gasteiger partial charge is 0.482 e. The predicted octanol–water partition coefficient (Wildman–Crippen LogP) is 3.11. The van der Waals surface area contributed by atoms with Crippen molar-refractivity contribution in [2.24, 2.45) is 0 Å². The van der Waals surface area contributed by atoms with Crippen molar-refractivity contribution in [3.8, 4) is 5.75 Å². The number of aryl methyl sites for hydroxylation is 1. The topological polar surface area (TPSA) is 64.6 Å². The molecule has 0 aliphatic carbocycles. The molecule has 0 saturated heterocycles. The average Bonchev–Trinajstić information content (AvgIpc) is 2.64. The Morgan fingerprint density at radius 2 is 1.81 bits per heavy atom.